The van der Waals surface area contributed by atoms with Crippen LogP contribution in [0.15, 0.2) is 42.6 Å². The summed E-state index contributed by atoms with van der Waals surface area (Å²) in [6, 6.07) is 7.69. The number of carboxylic acid groups (broad SMARTS) is 1. The van der Waals surface area contributed by atoms with Gasteiger partial charge < -0.3 is 15.2 Å². The summed E-state index contributed by atoms with van der Waals surface area (Å²) in [4.78, 5) is 27.1. The molecule has 1 atom stereocenters. The van der Waals surface area contributed by atoms with Gasteiger partial charge in [-0.25, -0.2) is 9.78 Å². The van der Waals surface area contributed by atoms with Crippen molar-refractivity contribution < 1.29 is 28.2 Å². The van der Waals surface area contributed by atoms with E-state index in [2.05, 4.69) is 15.0 Å². The third kappa shape index (κ3) is 5.68. The molecule has 2 rings (SSSR count). The van der Waals surface area contributed by atoms with Crippen LogP contribution in [-0.4, -0.2) is 34.6 Å². The number of nitrogens with zero attached hydrogens (tertiary/aromatic N) is 1. The number of nitrogens with one attached hydrogen (secondary N) is 1. The number of carboxylic acids is 1. The van der Waals surface area contributed by atoms with Crippen molar-refractivity contribution in [1.82, 2.24) is 10.3 Å². The molecule has 0 aliphatic rings. The Morgan fingerprint density at radius 1 is 1.28 bits per heavy atom. The van der Waals surface area contributed by atoms with E-state index in [4.69, 9.17) is 11.6 Å². The van der Waals surface area contributed by atoms with Crippen LogP contribution in [0.3, 0.4) is 0 Å². The standard InChI is InChI=1S/C16H13ClF2N2O4/c17-10-3-1-2-9(6-10)7-13(15(23)24)21-14(22)12-5-4-11(8-20-12)25-16(18)19/h1-6,8,13,16H,7H2,(H,21,22)(H,23,24)/t13-/m0/s1. The van der Waals surface area contributed by atoms with Crippen molar-refractivity contribution in [2.24, 2.45) is 0 Å². The number of aliphatic carboxylic acids is 1. The highest BCUT2D eigenvalue weighted by Crippen LogP contribution is 2.14. The molecule has 9 heteroatoms. The van der Waals surface area contributed by atoms with E-state index >= 15 is 0 Å². The van der Waals surface area contributed by atoms with Crippen LogP contribution in [0, 0.1) is 0 Å². The first-order chi connectivity index (χ1) is 11.8. The number of halogens is 3. The van der Waals surface area contributed by atoms with Gasteiger partial charge in [-0.05, 0) is 29.8 Å². The van der Waals surface area contributed by atoms with Gasteiger partial charge >= 0.3 is 12.6 Å². The minimum atomic E-state index is -3.00. The van der Waals surface area contributed by atoms with Gasteiger partial charge in [0.15, 0.2) is 0 Å². The molecule has 0 aliphatic carbocycles. The summed E-state index contributed by atoms with van der Waals surface area (Å²) in [5, 5.41) is 12.0. The molecule has 132 valence electrons. The van der Waals surface area contributed by atoms with E-state index in [1.54, 1.807) is 24.3 Å². The lowest BCUT2D eigenvalue weighted by molar-refractivity contribution is -0.139. The van der Waals surface area contributed by atoms with Crippen molar-refractivity contribution in [3.05, 3.63) is 58.9 Å². The molecule has 6 nitrogen and oxygen atoms in total. The largest absolute Gasteiger partial charge is 0.480 e. The first kappa shape index (κ1) is 18.6. The summed E-state index contributed by atoms with van der Waals surface area (Å²) < 4.78 is 28.3. The molecule has 2 N–H and O–H groups in total. The zero-order chi connectivity index (χ0) is 18.4. The number of alkyl halides is 2. The predicted molar refractivity (Wildman–Crippen MR) is 84.9 cm³/mol. The molecule has 0 spiro atoms. The fourth-order valence-electron chi connectivity index (χ4n) is 2.02. The molecule has 0 fully saturated rings. The monoisotopic (exact) mass is 370 g/mol. The number of amides is 1. The highest BCUT2D eigenvalue weighted by atomic mass is 35.5. The number of carbonyl (C=O) groups is 2. The molecular formula is C16H13ClF2N2O4. The van der Waals surface area contributed by atoms with E-state index in [0.29, 0.717) is 10.6 Å². The van der Waals surface area contributed by atoms with E-state index in [9.17, 15) is 23.5 Å². The van der Waals surface area contributed by atoms with Crippen molar-refractivity contribution >= 4 is 23.5 Å². The summed E-state index contributed by atoms with van der Waals surface area (Å²) in [6.45, 7) is -3.00. The second-order valence-electron chi connectivity index (χ2n) is 4.96. The summed E-state index contributed by atoms with van der Waals surface area (Å²) in [6.07, 6.45) is 0.974. The van der Waals surface area contributed by atoms with Crippen LogP contribution >= 0.6 is 11.6 Å². The van der Waals surface area contributed by atoms with Crippen LogP contribution in [0.5, 0.6) is 5.75 Å². The van der Waals surface area contributed by atoms with Gasteiger partial charge in [0, 0.05) is 11.4 Å². The number of ether oxygens (including phenoxy) is 1. The number of pyridine rings is 1. The van der Waals surface area contributed by atoms with Crippen molar-refractivity contribution in [2.45, 2.75) is 19.1 Å². The average molecular weight is 371 g/mol. The molecule has 2 aromatic rings. The fraction of sp³-hybridized carbons (Fsp3) is 0.188. The second kappa shape index (κ2) is 8.39. The maximum atomic E-state index is 12.1. The summed E-state index contributed by atoms with van der Waals surface area (Å²) in [7, 11) is 0. The number of hydrogen-bond donors (Lipinski definition) is 2. The lowest BCUT2D eigenvalue weighted by Gasteiger charge is -2.14. The van der Waals surface area contributed by atoms with Crippen LogP contribution in [0.2, 0.25) is 5.02 Å². The molecule has 0 saturated heterocycles. The summed E-state index contributed by atoms with van der Waals surface area (Å²) in [5.74, 6) is -2.19. The zero-order valence-corrected chi connectivity index (χ0v) is 13.4. The lowest BCUT2D eigenvalue weighted by atomic mass is 10.1. The number of rotatable bonds is 7. The molecule has 1 amide bonds. The van der Waals surface area contributed by atoms with Crippen LogP contribution in [0.25, 0.3) is 0 Å². The molecule has 25 heavy (non-hydrogen) atoms. The topological polar surface area (TPSA) is 88.5 Å². The Bertz CT molecular complexity index is 756. The van der Waals surface area contributed by atoms with Gasteiger partial charge in [0.1, 0.15) is 17.5 Å². The average Bonchev–Trinajstić information content (AvgIpc) is 2.54. The Labute approximate surface area is 146 Å². The Morgan fingerprint density at radius 2 is 2.04 bits per heavy atom. The van der Waals surface area contributed by atoms with E-state index in [0.717, 1.165) is 18.3 Å². The van der Waals surface area contributed by atoms with Crippen LogP contribution in [-0.2, 0) is 11.2 Å². The third-order valence-electron chi connectivity index (χ3n) is 3.13. The molecule has 1 aromatic heterocycles. The molecule has 0 aliphatic heterocycles. The quantitative estimate of drug-likeness (QED) is 0.782. The van der Waals surface area contributed by atoms with E-state index in [1.165, 1.54) is 0 Å². The molecule has 0 radical (unpaired) electrons. The van der Waals surface area contributed by atoms with E-state index < -0.39 is 24.5 Å². The molecule has 0 bridgehead atoms. The third-order valence-corrected chi connectivity index (χ3v) is 3.36. The van der Waals surface area contributed by atoms with Gasteiger partial charge in [-0.3, -0.25) is 4.79 Å². The van der Waals surface area contributed by atoms with Crippen LogP contribution in [0.4, 0.5) is 8.78 Å². The SMILES string of the molecule is O=C(N[C@@H](Cc1cccc(Cl)c1)C(=O)O)c1ccc(OC(F)F)cn1. The van der Waals surface area contributed by atoms with Crippen LogP contribution < -0.4 is 10.1 Å². The zero-order valence-electron chi connectivity index (χ0n) is 12.7. The Balaban J connectivity index is 2.05. The van der Waals surface area contributed by atoms with E-state index in [-0.39, 0.29) is 17.9 Å². The van der Waals surface area contributed by atoms with Gasteiger partial charge in [0.05, 0.1) is 6.20 Å². The molecule has 1 heterocycles. The van der Waals surface area contributed by atoms with Crippen molar-refractivity contribution in [3.63, 3.8) is 0 Å². The smallest absolute Gasteiger partial charge is 0.387 e. The lowest BCUT2D eigenvalue weighted by Crippen LogP contribution is -2.42. The summed E-state index contributed by atoms with van der Waals surface area (Å²) in [5.41, 5.74) is 0.507. The van der Waals surface area contributed by atoms with Crippen molar-refractivity contribution in [3.8, 4) is 5.75 Å². The molecule has 0 saturated carbocycles. The number of hydrogen-bond acceptors (Lipinski definition) is 4. The van der Waals surface area contributed by atoms with Gasteiger partial charge in [0.25, 0.3) is 5.91 Å². The van der Waals surface area contributed by atoms with Gasteiger partial charge in [-0.1, -0.05) is 23.7 Å². The first-order valence-electron chi connectivity index (χ1n) is 7.04. The molecular weight excluding hydrogens is 358 g/mol. The van der Waals surface area contributed by atoms with Crippen molar-refractivity contribution in [2.75, 3.05) is 0 Å². The van der Waals surface area contributed by atoms with Crippen molar-refractivity contribution in [1.29, 1.82) is 0 Å². The number of carbonyl (C=O) groups excluding carboxylic acids is 1. The Hall–Kier alpha value is -2.74. The fourth-order valence-corrected chi connectivity index (χ4v) is 2.23. The first-order valence-corrected chi connectivity index (χ1v) is 7.42. The maximum absolute atomic E-state index is 12.1. The van der Waals surface area contributed by atoms with Gasteiger partial charge in [-0.15, -0.1) is 0 Å². The Kier molecular flexibility index (Phi) is 6.24. The van der Waals surface area contributed by atoms with E-state index in [1.807, 2.05) is 0 Å². The highest BCUT2D eigenvalue weighted by Gasteiger charge is 2.22. The second-order valence-corrected chi connectivity index (χ2v) is 5.39. The Morgan fingerprint density at radius 3 is 2.60 bits per heavy atom. The van der Waals surface area contributed by atoms with Gasteiger partial charge in [-0.2, -0.15) is 8.78 Å². The number of benzene rings is 1. The predicted octanol–water partition coefficient (Wildman–Crippen LogP) is 2.76. The minimum absolute atomic E-state index is 0.0220. The van der Waals surface area contributed by atoms with Gasteiger partial charge in [0.2, 0.25) is 0 Å². The maximum Gasteiger partial charge on any atom is 0.387 e. The molecule has 1 aromatic carbocycles. The highest BCUT2D eigenvalue weighted by molar-refractivity contribution is 6.30. The van der Waals surface area contributed by atoms with Crippen LogP contribution in [0.1, 0.15) is 16.1 Å². The minimum Gasteiger partial charge on any atom is -0.480 e. The summed E-state index contributed by atoms with van der Waals surface area (Å²) >= 11 is 5.85. The normalized spacial score (nSPS) is 11.8. The number of aromatic nitrogens is 1. The molecule has 0 unspecified atom stereocenters.